The predicted octanol–water partition coefficient (Wildman–Crippen LogP) is 2.02. The van der Waals surface area contributed by atoms with Crippen LogP contribution in [-0.4, -0.2) is 43.7 Å². The Bertz CT molecular complexity index is 741. The minimum absolute atomic E-state index is 0.00243. The number of carbonyl (C=O) groups excluding carboxylic acids is 1. The summed E-state index contributed by atoms with van der Waals surface area (Å²) in [5.41, 5.74) is 1.25. The first-order chi connectivity index (χ1) is 11.5. The first-order valence-electron chi connectivity index (χ1n) is 8.21. The van der Waals surface area contributed by atoms with Crippen LogP contribution in [0.1, 0.15) is 40.7 Å². The van der Waals surface area contributed by atoms with E-state index in [1.54, 1.807) is 40.1 Å². The molecule has 1 fully saturated rings. The third-order valence-corrected chi connectivity index (χ3v) is 4.70. The van der Waals surface area contributed by atoms with E-state index in [0.29, 0.717) is 24.5 Å². The summed E-state index contributed by atoms with van der Waals surface area (Å²) in [4.78, 5) is 18.7. The SMILES string of the molecule is Cc1ccc(O)c(C(=O)N2CCCC(C(O)c3nccn3C)C2)c1. The van der Waals surface area contributed by atoms with Gasteiger partial charge in [0.2, 0.25) is 0 Å². The van der Waals surface area contributed by atoms with E-state index in [1.807, 2.05) is 14.0 Å². The predicted molar refractivity (Wildman–Crippen MR) is 89.6 cm³/mol. The molecule has 0 bridgehead atoms. The van der Waals surface area contributed by atoms with Crippen molar-refractivity contribution in [2.75, 3.05) is 13.1 Å². The lowest BCUT2D eigenvalue weighted by Gasteiger charge is -2.35. The number of piperidine rings is 1. The van der Waals surface area contributed by atoms with Crippen molar-refractivity contribution in [2.24, 2.45) is 13.0 Å². The topological polar surface area (TPSA) is 78.6 Å². The fourth-order valence-electron chi connectivity index (χ4n) is 3.32. The van der Waals surface area contributed by atoms with E-state index in [9.17, 15) is 15.0 Å². The lowest BCUT2D eigenvalue weighted by molar-refractivity contribution is 0.0357. The number of carbonyl (C=O) groups is 1. The molecule has 1 aromatic heterocycles. The molecule has 128 valence electrons. The van der Waals surface area contributed by atoms with Crippen LogP contribution in [0, 0.1) is 12.8 Å². The monoisotopic (exact) mass is 329 g/mol. The lowest BCUT2D eigenvalue weighted by atomic mass is 9.91. The fraction of sp³-hybridized carbons (Fsp3) is 0.444. The molecule has 1 amide bonds. The Balaban J connectivity index is 1.77. The molecule has 2 N–H and O–H groups in total. The number of rotatable bonds is 3. The largest absolute Gasteiger partial charge is 0.507 e. The highest BCUT2D eigenvalue weighted by Gasteiger charge is 2.32. The number of aliphatic hydroxyl groups is 1. The summed E-state index contributed by atoms with van der Waals surface area (Å²) in [6.45, 7) is 2.98. The van der Waals surface area contributed by atoms with Gasteiger partial charge in [-0.25, -0.2) is 4.98 Å². The van der Waals surface area contributed by atoms with E-state index in [-0.39, 0.29) is 17.6 Å². The maximum Gasteiger partial charge on any atom is 0.257 e. The van der Waals surface area contributed by atoms with Gasteiger partial charge in [-0.15, -0.1) is 0 Å². The van der Waals surface area contributed by atoms with Gasteiger partial charge in [-0.1, -0.05) is 11.6 Å². The van der Waals surface area contributed by atoms with Crippen LogP contribution in [0.5, 0.6) is 5.75 Å². The lowest BCUT2D eigenvalue weighted by Crippen LogP contribution is -2.42. The number of phenolic OH excluding ortho intramolecular Hbond substituents is 1. The molecule has 3 rings (SSSR count). The fourth-order valence-corrected chi connectivity index (χ4v) is 3.32. The van der Waals surface area contributed by atoms with Gasteiger partial charge in [0.25, 0.3) is 5.91 Å². The number of nitrogens with zero attached hydrogens (tertiary/aromatic N) is 3. The van der Waals surface area contributed by atoms with Crippen molar-refractivity contribution in [1.29, 1.82) is 0 Å². The second-order valence-corrected chi connectivity index (χ2v) is 6.52. The summed E-state index contributed by atoms with van der Waals surface area (Å²) in [6.07, 6.45) is 4.43. The van der Waals surface area contributed by atoms with Crippen LogP contribution in [0.15, 0.2) is 30.6 Å². The van der Waals surface area contributed by atoms with Crippen LogP contribution in [0.2, 0.25) is 0 Å². The number of aryl methyl sites for hydroxylation is 2. The maximum atomic E-state index is 12.8. The molecule has 24 heavy (non-hydrogen) atoms. The second-order valence-electron chi connectivity index (χ2n) is 6.52. The highest BCUT2D eigenvalue weighted by atomic mass is 16.3. The van der Waals surface area contributed by atoms with Crippen molar-refractivity contribution in [2.45, 2.75) is 25.9 Å². The molecule has 2 heterocycles. The Kier molecular flexibility index (Phi) is 4.57. The second kappa shape index (κ2) is 6.65. The minimum Gasteiger partial charge on any atom is -0.507 e. The van der Waals surface area contributed by atoms with Crippen molar-refractivity contribution in [3.8, 4) is 5.75 Å². The molecular weight excluding hydrogens is 306 g/mol. The number of hydrogen-bond acceptors (Lipinski definition) is 4. The molecular formula is C18H23N3O3. The number of aromatic nitrogens is 2. The number of benzene rings is 1. The smallest absolute Gasteiger partial charge is 0.257 e. The van der Waals surface area contributed by atoms with Gasteiger partial charge in [-0.3, -0.25) is 4.79 Å². The number of hydrogen-bond donors (Lipinski definition) is 2. The molecule has 1 aliphatic rings. The average molecular weight is 329 g/mol. The van der Waals surface area contributed by atoms with E-state index in [0.717, 1.165) is 18.4 Å². The van der Waals surface area contributed by atoms with Gasteiger partial charge in [0.15, 0.2) is 0 Å². The van der Waals surface area contributed by atoms with Crippen molar-refractivity contribution < 1.29 is 15.0 Å². The molecule has 0 spiro atoms. The van der Waals surface area contributed by atoms with E-state index >= 15 is 0 Å². The van der Waals surface area contributed by atoms with Crippen LogP contribution in [0.3, 0.4) is 0 Å². The van der Waals surface area contributed by atoms with Crippen molar-refractivity contribution in [3.63, 3.8) is 0 Å². The van der Waals surface area contributed by atoms with Crippen LogP contribution in [0.25, 0.3) is 0 Å². The van der Waals surface area contributed by atoms with Crippen LogP contribution in [-0.2, 0) is 7.05 Å². The maximum absolute atomic E-state index is 12.8. The van der Waals surface area contributed by atoms with Crippen molar-refractivity contribution in [3.05, 3.63) is 47.5 Å². The van der Waals surface area contributed by atoms with Gasteiger partial charge < -0.3 is 19.7 Å². The molecule has 1 aliphatic heterocycles. The highest BCUT2D eigenvalue weighted by molar-refractivity contribution is 5.97. The quantitative estimate of drug-likeness (QED) is 0.903. The Morgan fingerprint density at radius 2 is 2.21 bits per heavy atom. The summed E-state index contributed by atoms with van der Waals surface area (Å²) in [7, 11) is 1.85. The Hall–Kier alpha value is -2.34. The standard InChI is InChI=1S/C18H23N3O3/c1-12-5-6-15(22)14(10-12)18(24)21-8-3-4-13(11-21)16(23)17-19-7-9-20(17)2/h5-7,9-10,13,16,22-23H,3-4,8,11H2,1-2H3. The molecule has 2 unspecified atom stereocenters. The molecule has 0 saturated carbocycles. The first-order valence-corrected chi connectivity index (χ1v) is 8.21. The van der Waals surface area contributed by atoms with E-state index < -0.39 is 6.10 Å². The molecule has 1 aromatic carbocycles. The Morgan fingerprint density at radius 3 is 2.92 bits per heavy atom. The third kappa shape index (κ3) is 3.14. The number of likely N-dealkylation sites (tertiary alicyclic amines) is 1. The van der Waals surface area contributed by atoms with Crippen LogP contribution < -0.4 is 0 Å². The average Bonchev–Trinajstić information content (AvgIpc) is 3.02. The molecule has 0 aliphatic carbocycles. The van der Waals surface area contributed by atoms with Crippen molar-refractivity contribution in [1.82, 2.24) is 14.5 Å². The summed E-state index contributed by atoms with van der Waals surface area (Å²) < 4.78 is 1.80. The zero-order chi connectivity index (χ0) is 17.3. The molecule has 6 heteroatoms. The third-order valence-electron chi connectivity index (χ3n) is 4.70. The normalized spacial score (nSPS) is 19.3. The summed E-state index contributed by atoms with van der Waals surface area (Å²) >= 11 is 0. The van der Waals surface area contributed by atoms with E-state index in [2.05, 4.69) is 4.98 Å². The molecule has 1 saturated heterocycles. The van der Waals surface area contributed by atoms with E-state index in [4.69, 9.17) is 0 Å². The van der Waals surface area contributed by atoms with Gasteiger partial charge in [0.1, 0.15) is 17.7 Å². The van der Waals surface area contributed by atoms with Gasteiger partial charge >= 0.3 is 0 Å². The molecule has 2 atom stereocenters. The van der Waals surface area contributed by atoms with Gasteiger partial charge in [-0.2, -0.15) is 0 Å². The zero-order valence-electron chi connectivity index (χ0n) is 14.0. The number of imidazole rings is 1. The summed E-state index contributed by atoms with van der Waals surface area (Å²) in [6, 6.07) is 5.03. The molecule has 6 nitrogen and oxygen atoms in total. The Labute approximate surface area is 141 Å². The molecule has 0 radical (unpaired) electrons. The summed E-state index contributed by atoms with van der Waals surface area (Å²) in [5, 5.41) is 20.6. The van der Waals surface area contributed by atoms with Crippen LogP contribution in [0.4, 0.5) is 0 Å². The number of amides is 1. The minimum atomic E-state index is -0.702. The number of aliphatic hydroxyl groups excluding tert-OH is 1. The zero-order valence-corrected chi connectivity index (χ0v) is 14.0. The van der Waals surface area contributed by atoms with Crippen LogP contribution >= 0.6 is 0 Å². The van der Waals surface area contributed by atoms with Gasteiger partial charge in [-0.05, 0) is 31.9 Å². The number of phenols is 1. The first kappa shape index (κ1) is 16.5. The molecule has 2 aromatic rings. The van der Waals surface area contributed by atoms with Gasteiger partial charge in [0, 0.05) is 38.4 Å². The highest BCUT2D eigenvalue weighted by Crippen LogP contribution is 2.30. The Morgan fingerprint density at radius 1 is 1.42 bits per heavy atom. The van der Waals surface area contributed by atoms with E-state index in [1.165, 1.54) is 0 Å². The van der Waals surface area contributed by atoms with Gasteiger partial charge in [0.05, 0.1) is 5.56 Å². The van der Waals surface area contributed by atoms with Crippen molar-refractivity contribution >= 4 is 5.91 Å². The summed E-state index contributed by atoms with van der Waals surface area (Å²) in [5.74, 6) is 0.369. The number of aromatic hydroxyl groups is 1.